The molecule has 2 saturated heterocycles. The van der Waals surface area contributed by atoms with Gasteiger partial charge in [-0.3, -0.25) is 4.79 Å². The molecule has 2 heterocycles. The predicted octanol–water partition coefficient (Wildman–Crippen LogP) is 1.41. The highest BCUT2D eigenvalue weighted by molar-refractivity contribution is 9.09. The zero-order valence-corrected chi connectivity index (χ0v) is 9.83. The van der Waals surface area contributed by atoms with Crippen molar-refractivity contribution < 1.29 is 9.53 Å². The maximum absolute atomic E-state index is 11.9. The third-order valence-corrected chi connectivity index (χ3v) is 3.93. The Morgan fingerprint density at radius 1 is 1.29 bits per heavy atom. The highest BCUT2D eigenvalue weighted by atomic mass is 79.9. The van der Waals surface area contributed by atoms with Crippen LogP contribution in [0, 0.1) is 5.92 Å². The van der Waals surface area contributed by atoms with E-state index in [0.29, 0.717) is 17.3 Å². The third-order valence-electron chi connectivity index (χ3n) is 3.02. The monoisotopic (exact) mass is 261 g/mol. The maximum Gasteiger partial charge on any atom is 0.228 e. The number of carbonyl (C=O) groups excluding carboxylic acids is 1. The summed E-state index contributed by atoms with van der Waals surface area (Å²) in [7, 11) is 0. The van der Waals surface area contributed by atoms with E-state index >= 15 is 0 Å². The minimum atomic E-state index is 0.141. The zero-order chi connectivity index (χ0) is 9.97. The Hall–Kier alpha value is -0.0900. The van der Waals surface area contributed by atoms with Gasteiger partial charge in [0.25, 0.3) is 0 Å². The lowest BCUT2D eigenvalue weighted by atomic mass is 10.0. The van der Waals surface area contributed by atoms with Gasteiger partial charge in [-0.05, 0) is 19.3 Å². The largest absolute Gasteiger partial charge is 0.381 e. The van der Waals surface area contributed by atoms with Crippen molar-refractivity contribution in [3.8, 4) is 0 Å². The number of halogens is 1. The molecule has 14 heavy (non-hydrogen) atoms. The Balaban J connectivity index is 1.85. The lowest BCUT2D eigenvalue weighted by Crippen LogP contribution is -2.42. The molecule has 3 nitrogen and oxygen atoms in total. The number of piperidine rings is 1. The van der Waals surface area contributed by atoms with Crippen molar-refractivity contribution in [2.45, 2.75) is 24.1 Å². The summed E-state index contributed by atoms with van der Waals surface area (Å²) >= 11 is 3.59. The number of nitrogens with zero attached hydrogens (tertiary/aromatic N) is 1. The second-order valence-electron chi connectivity index (χ2n) is 4.06. The summed E-state index contributed by atoms with van der Waals surface area (Å²) in [5.74, 6) is 0.448. The molecule has 0 aromatic heterocycles. The summed E-state index contributed by atoms with van der Waals surface area (Å²) in [4.78, 5) is 14.5. The summed E-state index contributed by atoms with van der Waals surface area (Å²) in [5.41, 5.74) is 0. The lowest BCUT2D eigenvalue weighted by Gasteiger charge is -2.31. The van der Waals surface area contributed by atoms with E-state index in [1.165, 1.54) is 0 Å². The van der Waals surface area contributed by atoms with Crippen LogP contribution in [0.25, 0.3) is 0 Å². The van der Waals surface area contributed by atoms with Gasteiger partial charge < -0.3 is 9.64 Å². The molecule has 4 heteroatoms. The Bertz CT molecular complexity index is 208. The van der Waals surface area contributed by atoms with Crippen LogP contribution in [0.5, 0.6) is 0 Å². The molecule has 0 aromatic rings. The molecule has 2 fully saturated rings. The van der Waals surface area contributed by atoms with Crippen LogP contribution >= 0.6 is 15.9 Å². The lowest BCUT2D eigenvalue weighted by molar-refractivity contribution is -0.136. The van der Waals surface area contributed by atoms with Gasteiger partial charge in [-0.2, -0.15) is 0 Å². The molecule has 1 atom stereocenters. The van der Waals surface area contributed by atoms with Crippen molar-refractivity contribution in [1.29, 1.82) is 0 Å². The van der Waals surface area contributed by atoms with Crippen LogP contribution in [0.15, 0.2) is 0 Å². The highest BCUT2D eigenvalue weighted by Crippen LogP contribution is 2.21. The Kier molecular flexibility index (Phi) is 3.44. The smallest absolute Gasteiger partial charge is 0.228 e. The van der Waals surface area contributed by atoms with Crippen molar-refractivity contribution in [3.63, 3.8) is 0 Å². The second kappa shape index (κ2) is 4.62. The first-order valence-corrected chi connectivity index (χ1v) is 6.19. The molecule has 0 aromatic carbocycles. The molecule has 80 valence electrons. The molecule has 0 radical (unpaired) electrons. The molecule has 0 aliphatic carbocycles. The van der Waals surface area contributed by atoms with Gasteiger partial charge in [0, 0.05) is 24.5 Å². The number of hydrogen-bond donors (Lipinski definition) is 0. The highest BCUT2D eigenvalue weighted by Gasteiger charge is 2.29. The molecular formula is C10H16BrNO2. The quantitative estimate of drug-likeness (QED) is 0.669. The topological polar surface area (TPSA) is 29.5 Å². The Morgan fingerprint density at radius 2 is 2.00 bits per heavy atom. The fraction of sp³-hybridized carbons (Fsp3) is 0.900. The van der Waals surface area contributed by atoms with Crippen LogP contribution < -0.4 is 0 Å². The minimum Gasteiger partial charge on any atom is -0.381 e. The number of hydrogen-bond acceptors (Lipinski definition) is 2. The number of rotatable bonds is 1. The van der Waals surface area contributed by atoms with Crippen LogP contribution in [0.1, 0.15) is 19.3 Å². The molecule has 0 saturated carbocycles. The molecule has 0 N–H and O–H groups in total. The van der Waals surface area contributed by atoms with Crippen molar-refractivity contribution in [2.75, 3.05) is 26.3 Å². The molecule has 0 bridgehead atoms. The van der Waals surface area contributed by atoms with Crippen molar-refractivity contribution in [3.05, 3.63) is 0 Å². The Morgan fingerprint density at radius 3 is 2.57 bits per heavy atom. The fourth-order valence-electron chi connectivity index (χ4n) is 2.06. The normalized spacial score (nSPS) is 29.5. The SMILES string of the molecule is O=C(C1CCOC1)N1CCC(Br)CC1. The van der Waals surface area contributed by atoms with Gasteiger partial charge in [-0.15, -0.1) is 0 Å². The van der Waals surface area contributed by atoms with E-state index in [-0.39, 0.29) is 5.92 Å². The second-order valence-corrected chi connectivity index (χ2v) is 5.36. The van der Waals surface area contributed by atoms with Crippen LogP contribution in [-0.4, -0.2) is 41.9 Å². The van der Waals surface area contributed by atoms with Crippen molar-refractivity contribution >= 4 is 21.8 Å². The van der Waals surface area contributed by atoms with E-state index < -0.39 is 0 Å². The molecule has 1 unspecified atom stereocenters. The molecule has 2 rings (SSSR count). The number of carbonyl (C=O) groups is 1. The zero-order valence-electron chi connectivity index (χ0n) is 8.25. The third kappa shape index (κ3) is 2.28. The van der Waals surface area contributed by atoms with E-state index in [0.717, 1.165) is 39.0 Å². The van der Waals surface area contributed by atoms with Crippen LogP contribution in [0.2, 0.25) is 0 Å². The predicted molar refractivity (Wildman–Crippen MR) is 57.5 cm³/mol. The molecule has 1 amide bonds. The minimum absolute atomic E-state index is 0.141. The first-order valence-electron chi connectivity index (χ1n) is 5.28. The number of amides is 1. The van der Waals surface area contributed by atoms with Gasteiger partial charge >= 0.3 is 0 Å². The summed E-state index contributed by atoms with van der Waals surface area (Å²) < 4.78 is 5.23. The molecule has 0 spiro atoms. The van der Waals surface area contributed by atoms with Crippen LogP contribution in [-0.2, 0) is 9.53 Å². The van der Waals surface area contributed by atoms with E-state index in [2.05, 4.69) is 15.9 Å². The molecule has 2 aliphatic heterocycles. The maximum atomic E-state index is 11.9. The average Bonchev–Trinajstić information content (AvgIpc) is 2.71. The molecular weight excluding hydrogens is 246 g/mol. The van der Waals surface area contributed by atoms with E-state index in [9.17, 15) is 4.79 Å². The van der Waals surface area contributed by atoms with Crippen molar-refractivity contribution in [2.24, 2.45) is 5.92 Å². The van der Waals surface area contributed by atoms with Gasteiger partial charge in [0.15, 0.2) is 0 Å². The van der Waals surface area contributed by atoms with Gasteiger partial charge in [0.1, 0.15) is 0 Å². The average molecular weight is 262 g/mol. The fourth-order valence-corrected chi connectivity index (χ4v) is 2.47. The van der Waals surface area contributed by atoms with Gasteiger partial charge in [0.2, 0.25) is 5.91 Å². The van der Waals surface area contributed by atoms with E-state index in [1.54, 1.807) is 0 Å². The van der Waals surface area contributed by atoms with E-state index in [4.69, 9.17) is 4.74 Å². The summed E-state index contributed by atoms with van der Waals surface area (Å²) in [6, 6.07) is 0. The summed E-state index contributed by atoms with van der Waals surface area (Å²) in [6.07, 6.45) is 3.08. The van der Waals surface area contributed by atoms with Crippen LogP contribution in [0.3, 0.4) is 0 Å². The number of alkyl halides is 1. The molecule has 2 aliphatic rings. The summed E-state index contributed by atoms with van der Waals surface area (Å²) in [5, 5.41) is 0. The van der Waals surface area contributed by atoms with Crippen LogP contribution in [0.4, 0.5) is 0 Å². The standard InChI is InChI=1S/C10H16BrNO2/c11-9-1-4-12(5-2-9)10(13)8-3-6-14-7-8/h8-9H,1-7H2. The Labute approximate surface area is 92.9 Å². The summed E-state index contributed by atoms with van der Waals surface area (Å²) in [6.45, 7) is 3.20. The number of likely N-dealkylation sites (tertiary alicyclic amines) is 1. The number of ether oxygens (including phenoxy) is 1. The van der Waals surface area contributed by atoms with Gasteiger partial charge in [-0.1, -0.05) is 15.9 Å². The van der Waals surface area contributed by atoms with E-state index in [1.807, 2.05) is 4.90 Å². The first kappa shape index (κ1) is 10.4. The first-order chi connectivity index (χ1) is 6.77. The van der Waals surface area contributed by atoms with Gasteiger partial charge in [-0.25, -0.2) is 0 Å². The van der Waals surface area contributed by atoms with Crippen molar-refractivity contribution in [1.82, 2.24) is 4.90 Å². The van der Waals surface area contributed by atoms with Gasteiger partial charge in [0.05, 0.1) is 12.5 Å².